The summed E-state index contributed by atoms with van der Waals surface area (Å²) in [6.45, 7) is 2.48. The van der Waals surface area contributed by atoms with E-state index in [4.69, 9.17) is 14.2 Å². The Morgan fingerprint density at radius 2 is 1.94 bits per heavy atom. The number of methoxy groups -OCH3 is 2. The van der Waals surface area contributed by atoms with E-state index in [2.05, 4.69) is 45.0 Å². The summed E-state index contributed by atoms with van der Waals surface area (Å²) in [7, 11) is 2.96. The lowest BCUT2D eigenvalue weighted by molar-refractivity contribution is 0.0601. The number of halogens is 1. The molecule has 0 fully saturated rings. The van der Waals surface area contributed by atoms with Gasteiger partial charge in [-0.25, -0.2) is 9.78 Å². The van der Waals surface area contributed by atoms with E-state index in [1.807, 2.05) is 24.3 Å². The van der Waals surface area contributed by atoms with Crippen molar-refractivity contribution in [3.05, 3.63) is 75.8 Å². The molecule has 0 amide bonds. The highest BCUT2D eigenvalue weighted by atomic mass is 79.9. The molecule has 1 N–H and O–H groups in total. The topological polar surface area (TPSA) is 73.4 Å². The molecule has 158 valence electrons. The first-order chi connectivity index (χ1) is 15.0. The predicted octanol–water partition coefficient (Wildman–Crippen LogP) is 5.68. The molecule has 7 heteroatoms. The van der Waals surface area contributed by atoms with Crippen molar-refractivity contribution < 1.29 is 19.0 Å². The van der Waals surface area contributed by atoms with Crippen molar-refractivity contribution in [2.75, 3.05) is 14.2 Å². The van der Waals surface area contributed by atoms with Crippen LogP contribution in [0.25, 0.3) is 22.4 Å². The molecular formula is C24H21BrN2O4. The average molecular weight is 481 g/mol. The van der Waals surface area contributed by atoms with Crippen LogP contribution in [0.15, 0.2) is 59.1 Å². The molecule has 0 atom stereocenters. The first-order valence-electron chi connectivity index (χ1n) is 9.63. The minimum atomic E-state index is -0.391. The minimum Gasteiger partial charge on any atom is -0.493 e. The van der Waals surface area contributed by atoms with Gasteiger partial charge in [0.05, 0.1) is 35.3 Å². The fraction of sp³-hybridized carbons (Fsp3) is 0.167. The van der Waals surface area contributed by atoms with Crippen molar-refractivity contribution in [1.82, 2.24) is 9.97 Å². The van der Waals surface area contributed by atoms with Gasteiger partial charge in [0.25, 0.3) is 0 Å². The summed E-state index contributed by atoms with van der Waals surface area (Å²) >= 11 is 3.60. The van der Waals surface area contributed by atoms with Crippen LogP contribution < -0.4 is 9.47 Å². The van der Waals surface area contributed by atoms with Gasteiger partial charge in [-0.2, -0.15) is 0 Å². The number of esters is 1. The molecule has 0 aliphatic heterocycles. The second-order valence-corrected chi connectivity index (χ2v) is 7.93. The Balaban J connectivity index is 1.65. The second-order valence-electron chi connectivity index (χ2n) is 7.08. The number of carbonyl (C=O) groups excluding carboxylic acids is 1. The Labute approximate surface area is 188 Å². The molecule has 0 spiro atoms. The highest BCUT2D eigenvalue weighted by molar-refractivity contribution is 9.10. The Kier molecular flexibility index (Phi) is 5.95. The monoisotopic (exact) mass is 480 g/mol. The lowest BCUT2D eigenvalue weighted by atomic mass is 10.1. The van der Waals surface area contributed by atoms with E-state index in [-0.39, 0.29) is 0 Å². The van der Waals surface area contributed by atoms with Crippen molar-refractivity contribution in [3.8, 4) is 22.9 Å². The molecule has 0 radical (unpaired) electrons. The zero-order chi connectivity index (χ0) is 22.0. The van der Waals surface area contributed by atoms with Crippen LogP contribution in [-0.4, -0.2) is 30.2 Å². The van der Waals surface area contributed by atoms with Crippen LogP contribution in [0.2, 0.25) is 0 Å². The Morgan fingerprint density at radius 1 is 1.10 bits per heavy atom. The van der Waals surface area contributed by atoms with Gasteiger partial charge in [-0.15, -0.1) is 0 Å². The van der Waals surface area contributed by atoms with Crippen LogP contribution in [-0.2, 0) is 11.3 Å². The number of fused-ring (bicyclic) bond motifs is 1. The number of nitrogens with zero attached hydrogens (tertiary/aromatic N) is 1. The van der Waals surface area contributed by atoms with E-state index in [1.165, 1.54) is 12.7 Å². The van der Waals surface area contributed by atoms with Crippen molar-refractivity contribution in [3.63, 3.8) is 0 Å². The first kappa shape index (κ1) is 20.9. The van der Waals surface area contributed by atoms with Crippen molar-refractivity contribution >= 4 is 32.9 Å². The van der Waals surface area contributed by atoms with Gasteiger partial charge in [0.1, 0.15) is 12.4 Å². The highest BCUT2D eigenvalue weighted by Crippen LogP contribution is 2.40. The smallest absolute Gasteiger partial charge is 0.337 e. The van der Waals surface area contributed by atoms with E-state index < -0.39 is 5.97 Å². The summed E-state index contributed by atoms with van der Waals surface area (Å²) in [5.41, 5.74) is 5.04. The number of aromatic nitrogens is 2. The number of H-pyrrole nitrogens is 1. The van der Waals surface area contributed by atoms with Gasteiger partial charge in [-0.05, 0) is 58.7 Å². The number of imidazole rings is 1. The Morgan fingerprint density at radius 3 is 2.68 bits per heavy atom. The van der Waals surface area contributed by atoms with Crippen molar-refractivity contribution in [2.45, 2.75) is 13.5 Å². The van der Waals surface area contributed by atoms with Crippen LogP contribution in [0.1, 0.15) is 21.5 Å². The number of hydrogen-bond donors (Lipinski definition) is 1. The third-order valence-corrected chi connectivity index (χ3v) is 5.46. The summed E-state index contributed by atoms with van der Waals surface area (Å²) < 4.78 is 17.2. The lowest BCUT2D eigenvalue weighted by Crippen LogP contribution is -2.00. The van der Waals surface area contributed by atoms with E-state index >= 15 is 0 Å². The van der Waals surface area contributed by atoms with Crippen LogP contribution in [0.3, 0.4) is 0 Å². The molecule has 0 aliphatic carbocycles. The van der Waals surface area contributed by atoms with Crippen LogP contribution in [0.4, 0.5) is 0 Å². The third kappa shape index (κ3) is 4.41. The molecular weight excluding hydrogens is 460 g/mol. The number of rotatable bonds is 6. The summed E-state index contributed by atoms with van der Waals surface area (Å²) in [5.74, 6) is 1.48. The summed E-state index contributed by atoms with van der Waals surface area (Å²) in [4.78, 5) is 19.7. The standard InChI is InChI=1S/C24H21BrN2O4/c1-14-5-4-6-15(9-14)13-31-22-18(25)10-17(12-21(22)29-2)23-26-19-8-7-16(24(28)30-3)11-20(19)27-23/h4-12H,13H2,1-3H3,(H,26,27). The highest BCUT2D eigenvalue weighted by Gasteiger charge is 2.16. The molecule has 0 saturated heterocycles. The zero-order valence-corrected chi connectivity index (χ0v) is 18.9. The molecule has 0 saturated carbocycles. The van der Waals surface area contributed by atoms with E-state index in [1.54, 1.807) is 25.3 Å². The summed E-state index contributed by atoms with van der Waals surface area (Å²) in [6, 6.07) is 17.2. The molecule has 0 unspecified atom stereocenters. The maximum Gasteiger partial charge on any atom is 0.337 e. The number of aromatic amines is 1. The van der Waals surface area contributed by atoms with Gasteiger partial charge in [-0.1, -0.05) is 29.8 Å². The number of aryl methyl sites for hydroxylation is 1. The van der Waals surface area contributed by atoms with Crippen LogP contribution >= 0.6 is 15.9 Å². The van der Waals surface area contributed by atoms with Crippen LogP contribution in [0.5, 0.6) is 11.5 Å². The maximum atomic E-state index is 11.8. The van der Waals surface area contributed by atoms with Gasteiger partial charge in [0.15, 0.2) is 11.5 Å². The zero-order valence-electron chi connectivity index (χ0n) is 17.4. The van der Waals surface area contributed by atoms with E-state index in [0.29, 0.717) is 29.5 Å². The second kappa shape index (κ2) is 8.81. The number of hydrogen-bond acceptors (Lipinski definition) is 5. The van der Waals surface area contributed by atoms with Crippen molar-refractivity contribution in [2.24, 2.45) is 0 Å². The van der Waals surface area contributed by atoms with Gasteiger partial charge in [-0.3, -0.25) is 0 Å². The Hall–Kier alpha value is -3.32. The number of benzene rings is 3. The average Bonchev–Trinajstić information content (AvgIpc) is 3.20. The summed E-state index contributed by atoms with van der Waals surface area (Å²) in [5, 5.41) is 0. The molecule has 1 heterocycles. The third-order valence-electron chi connectivity index (χ3n) is 4.87. The van der Waals surface area contributed by atoms with Gasteiger partial charge < -0.3 is 19.2 Å². The molecule has 4 rings (SSSR count). The van der Waals surface area contributed by atoms with Crippen molar-refractivity contribution in [1.29, 1.82) is 0 Å². The predicted molar refractivity (Wildman–Crippen MR) is 123 cm³/mol. The minimum absolute atomic E-state index is 0.391. The number of carbonyl (C=O) groups is 1. The molecule has 1 aromatic heterocycles. The first-order valence-corrected chi connectivity index (χ1v) is 10.4. The molecule has 3 aromatic carbocycles. The fourth-order valence-corrected chi connectivity index (χ4v) is 3.90. The lowest BCUT2D eigenvalue weighted by Gasteiger charge is -2.14. The quantitative estimate of drug-likeness (QED) is 0.359. The van der Waals surface area contributed by atoms with E-state index in [9.17, 15) is 4.79 Å². The largest absolute Gasteiger partial charge is 0.493 e. The number of ether oxygens (including phenoxy) is 3. The summed E-state index contributed by atoms with van der Waals surface area (Å²) in [6.07, 6.45) is 0. The number of nitrogens with one attached hydrogen (secondary N) is 1. The molecule has 4 aromatic rings. The molecule has 31 heavy (non-hydrogen) atoms. The van der Waals surface area contributed by atoms with Gasteiger partial charge in [0.2, 0.25) is 0 Å². The van der Waals surface area contributed by atoms with E-state index in [0.717, 1.165) is 26.6 Å². The van der Waals surface area contributed by atoms with Crippen LogP contribution in [0, 0.1) is 6.92 Å². The van der Waals surface area contributed by atoms with Gasteiger partial charge >= 0.3 is 5.97 Å². The SMILES string of the molecule is COC(=O)c1ccc2nc(-c3cc(Br)c(OCc4cccc(C)c4)c(OC)c3)[nH]c2c1. The fourth-order valence-electron chi connectivity index (χ4n) is 3.35. The maximum absolute atomic E-state index is 11.8. The Bertz CT molecular complexity index is 1270. The normalized spacial score (nSPS) is 10.8. The molecule has 0 bridgehead atoms. The van der Waals surface area contributed by atoms with Gasteiger partial charge in [0, 0.05) is 5.56 Å². The molecule has 0 aliphatic rings. The molecule has 6 nitrogen and oxygen atoms in total.